The first-order chi connectivity index (χ1) is 7.20. The number of rotatable bonds is 2. The van der Waals surface area contributed by atoms with E-state index >= 15 is 0 Å². The van der Waals surface area contributed by atoms with E-state index in [1.54, 1.807) is 13.2 Å². The molecule has 0 atom stereocenters. The summed E-state index contributed by atoms with van der Waals surface area (Å²) in [5.74, 6) is 1.78. The van der Waals surface area contributed by atoms with Crippen LogP contribution in [0.15, 0.2) is 33.3 Å². The second kappa shape index (κ2) is 3.94. The Labute approximate surface area is 95.1 Å². The molecule has 2 aromatic rings. The Bertz CT molecular complexity index is 482. The first-order valence-electron chi connectivity index (χ1n) is 4.27. The van der Waals surface area contributed by atoms with E-state index in [1.807, 2.05) is 18.2 Å². The molecular formula is C10H9BrN2O2. The van der Waals surface area contributed by atoms with Gasteiger partial charge in [-0.2, -0.15) is 0 Å². The quantitative estimate of drug-likeness (QED) is 0.910. The first-order valence-corrected chi connectivity index (χ1v) is 5.06. The molecule has 0 saturated heterocycles. The molecule has 0 bridgehead atoms. The van der Waals surface area contributed by atoms with E-state index in [-0.39, 0.29) is 0 Å². The zero-order valence-electron chi connectivity index (χ0n) is 8.03. The first kappa shape index (κ1) is 10.0. The summed E-state index contributed by atoms with van der Waals surface area (Å²) in [4.78, 5) is 0. The maximum atomic E-state index is 5.47. The van der Waals surface area contributed by atoms with Crippen LogP contribution in [-0.4, -0.2) is 12.3 Å². The van der Waals surface area contributed by atoms with Crippen molar-refractivity contribution in [2.45, 2.75) is 0 Å². The minimum absolute atomic E-state index is 0.372. The topological polar surface area (TPSA) is 61.3 Å². The summed E-state index contributed by atoms with van der Waals surface area (Å²) in [5.41, 5.74) is 6.36. The average molecular weight is 269 g/mol. The van der Waals surface area contributed by atoms with Gasteiger partial charge in [0.1, 0.15) is 5.75 Å². The van der Waals surface area contributed by atoms with Gasteiger partial charge < -0.3 is 15.0 Å². The van der Waals surface area contributed by atoms with Crippen molar-refractivity contribution in [3.63, 3.8) is 0 Å². The molecule has 0 spiro atoms. The molecular weight excluding hydrogens is 260 g/mol. The van der Waals surface area contributed by atoms with Crippen LogP contribution in [0.2, 0.25) is 0 Å². The number of ether oxygens (including phenoxy) is 1. The van der Waals surface area contributed by atoms with E-state index in [0.717, 1.165) is 15.8 Å². The van der Waals surface area contributed by atoms with Gasteiger partial charge in [-0.05, 0) is 34.1 Å². The third-order valence-corrected chi connectivity index (χ3v) is 2.58. The standard InChI is InChI=1S/C10H9BrN2O2/c1-14-8-3-2-6(4-7(8)11)9-5-10(12)13-15-9/h2-5H,1H3,(H2,12,13). The zero-order chi connectivity index (χ0) is 10.8. The van der Waals surface area contributed by atoms with Crippen LogP contribution < -0.4 is 10.5 Å². The van der Waals surface area contributed by atoms with Gasteiger partial charge in [-0.25, -0.2) is 0 Å². The van der Waals surface area contributed by atoms with Gasteiger partial charge in [-0.1, -0.05) is 5.16 Å². The van der Waals surface area contributed by atoms with Crippen molar-refractivity contribution in [2.24, 2.45) is 0 Å². The summed E-state index contributed by atoms with van der Waals surface area (Å²) >= 11 is 3.39. The van der Waals surface area contributed by atoms with Gasteiger partial charge in [-0.15, -0.1) is 0 Å². The van der Waals surface area contributed by atoms with Gasteiger partial charge in [0.25, 0.3) is 0 Å². The predicted octanol–water partition coefficient (Wildman–Crippen LogP) is 2.69. The lowest BCUT2D eigenvalue weighted by Gasteiger charge is -2.03. The smallest absolute Gasteiger partial charge is 0.169 e. The van der Waals surface area contributed by atoms with Crippen LogP contribution in [0.1, 0.15) is 0 Å². The van der Waals surface area contributed by atoms with Gasteiger partial charge in [-0.3, -0.25) is 0 Å². The molecule has 2 N–H and O–H groups in total. The maximum Gasteiger partial charge on any atom is 0.169 e. The van der Waals surface area contributed by atoms with Gasteiger partial charge in [0, 0.05) is 11.6 Å². The Balaban J connectivity index is 2.42. The van der Waals surface area contributed by atoms with Crippen molar-refractivity contribution < 1.29 is 9.26 Å². The van der Waals surface area contributed by atoms with Crippen LogP contribution in [0, 0.1) is 0 Å². The van der Waals surface area contributed by atoms with E-state index in [1.165, 1.54) is 0 Å². The second-order valence-corrected chi connectivity index (χ2v) is 3.82. The van der Waals surface area contributed by atoms with E-state index < -0.39 is 0 Å². The van der Waals surface area contributed by atoms with E-state index in [9.17, 15) is 0 Å². The number of anilines is 1. The Kier molecular flexibility index (Phi) is 2.64. The highest BCUT2D eigenvalue weighted by Gasteiger charge is 2.07. The monoisotopic (exact) mass is 268 g/mol. The predicted molar refractivity (Wildman–Crippen MR) is 60.6 cm³/mol. The van der Waals surface area contributed by atoms with Crippen LogP contribution in [0.3, 0.4) is 0 Å². The van der Waals surface area contributed by atoms with Crippen molar-refractivity contribution in [1.82, 2.24) is 5.16 Å². The SMILES string of the molecule is COc1ccc(-c2cc(N)no2)cc1Br. The van der Waals surface area contributed by atoms with Gasteiger partial charge in [0.05, 0.1) is 11.6 Å². The summed E-state index contributed by atoms with van der Waals surface area (Å²) in [7, 11) is 1.62. The van der Waals surface area contributed by atoms with E-state index in [4.69, 9.17) is 15.0 Å². The van der Waals surface area contributed by atoms with Gasteiger partial charge >= 0.3 is 0 Å². The molecule has 1 aromatic heterocycles. The van der Waals surface area contributed by atoms with Crippen molar-refractivity contribution in [3.8, 4) is 17.1 Å². The molecule has 0 aliphatic rings. The number of halogens is 1. The molecule has 0 aliphatic heterocycles. The molecule has 0 aliphatic carbocycles. The van der Waals surface area contributed by atoms with Crippen molar-refractivity contribution in [3.05, 3.63) is 28.7 Å². The molecule has 0 fully saturated rings. The molecule has 4 nitrogen and oxygen atoms in total. The van der Waals surface area contributed by atoms with E-state index in [0.29, 0.717) is 11.6 Å². The molecule has 78 valence electrons. The Morgan fingerprint density at radius 2 is 2.20 bits per heavy atom. The highest BCUT2D eigenvalue weighted by molar-refractivity contribution is 9.10. The summed E-state index contributed by atoms with van der Waals surface area (Å²) < 4.78 is 11.0. The number of methoxy groups -OCH3 is 1. The number of nitrogens with two attached hydrogens (primary N) is 1. The highest BCUT2D eigenvalue weighted by atomic mass is 79.9. The lowest BCUT2D eigenvalue weighted by Crippen LogP contribution is -1.84. The van der Waals surface area contributed by atoms with Crippen LogP contribution in [0.5, 0.6) is 5.75 Å². The van der Waals surface area contributed by atoms with Crippen LogP contribution in [0.4, 0.5) is 5.82 Å². The average Bonchev–Trinajstić information content (AvgIpc) is 2.65. The lowest BCUT2D eigenvalue weighted by molar-refractivity contribution is 0.412. The Morgan fingerprint density at radius 3 is 2.73 bits per heavy atom. The molecule has 1 aromatic carbocycles. The molecule has 0 radical (unpaired) electrons. The third kappa shape index (κ3) is 1.97. The van der Waals surface area contributed by atoms with Crippen LogP contribution in [0.25, 0.3) is 11.3 Å². The molecule has 1 heterocycles. The van der Waals surface area contributed by atoms with Crippen molar-refractivity contribution in [1.29, 1.82) is 0 Å². The molecule has 2 rings (SSSR count). The minimum atomic E-state index is 0.372. The number of hydrogen-bond acceptors (Lipinski definition) is 4. The number of benzene rings is 1. The number of hydrogen-bond donors (Lipinski definition) is 1. The second-order valence-electron chi connectivity index (χ2n) is 2.97. The molecule has 5 heteroatoms. The number of nitrogen functional groups attached to an aromatic ring is 1. The summed E-state index contributed by atoms with van der Waals surface area (Å²) in [6.07, 6.45) is 0. The Morgan fingerprint density at radius 1 is 1.40 bits per heavy atom. The molecule has 15 heavy (non-hydrogen) atoms. The maximum absolute atomic E-state index is 5.47. The lowest BCUT2D eigenvalue weighted by atomic mass is 10.2. The Hall–Kier alpha value is -1.49. The van der Waals surface area contributed by atoms with Crippen molar-refractivity contribution >= 4 is 21.7 Å². The molecule has 0 amide bonds. The normalized spacial score (nSPS) is 10.3. The summed E-state index contributed by atoms with van der Waals surface area (Å²) in [6.45, 7) is 0. The zero-order valence-corrected chi connectivity index (χ0v) is 9.61. The van der Waals surface area contributed by atoms with Crippen LogP contribution in [-0.2, 0) is 0 Å². The minimum Gasteiger partial charge on any atom is -0.496 e. The van der Waals surface area contributed by atoms with Gasteiger partial charge in [0.15, 0.2) is 11.6 Å². The number of aromatic nitrogens is 1. The molecule has 0 unspecified atom stereocenters. The summed E-state index contributed by atoms with van der Waals surface area (Å²) in [5, 5.41) is 3.62. The molecule has 0 saturated carbocycles. The third-order valence-electron chi connectivity index (χ3n) is 1.96. The highest BCUT2D eigenvalue weighted by Crippen LogP contribution is 2.30. The fourth-order valence-corrected chi connectivity index (χ4v) is 1.79. The van der Waals surface area contributed by atoms with Crippen LogP contribution >= 0.6 is 15.9 Å². The van der Waals surface area contributed by atoms with Crippen molar-refractivity contribution in [2.75, 3.05) is 12.8 Å². The fraction of sp³-hybridized carbons (Fsp3) is 0.100. The largest absolute Gasteiger partial charge is 0.496 e. The number of nitrogens with zero attached hydrogens (tertiary/aromatic N) is 1. The van der Waals surface area contributed by atoms with E-state index in [2.05, 4.69) is 21.1 Å². The van der Waals surface area contributed by atoms with Gasteiger partial charge in [0.2, 0.25) is 0 Å². The summed E-state index contributed by atoms with van der Waals surface area (Å²) in [6, 6.07) is 7.29. The fourth-order valence-electron chi connectivity index (χ4n) is 1.24.